The van der Waals surface area contributed by atoms with E-state index in [1.54, 1.807) is 13.8 Å². The lowest BCUT2D eigenvalue weighted by molar-refractivity contribution is -0.144. The summed E-state index contributed by atoms with van der Waals surface area (Å²) >= 11 is 1.45. The molecule has 0 unspecified atom stereocenters. The Balaban J connectivity index is 2.54. The molecule has 0 atom stereocenters. The van der Waals surface area contributed by atoms with Gasteiger partial charge in [0.2, 0.25) is 5.88 Å². The Morgan fingerprint density at radius 2 is 2.05 bits per heavy atom. The molecule has 21 heavy (non-hydrogen) atoms. The first-order valence-corrected chi connectivity index (χ1v) is 7.59. The molecule has 0 saturated heterocycles. The standard InChI is InChI=1S/C14H17F3N2OS/c1-4-19-12(14(15,16)17)10(13(18-19)20-5-2)8-11-9(3)6-7-21-11/h6-7H,4-5,8H2,1-3H3. The molecule has 2 aromatic rings. The van der Waals surface area contributed by atoms with E-state index in [0.717, 1.165) is 15.1 Å². The minimum absolute atomic E-state index is 0.0828. The molecule has 0 saturated carbocycles. The largest absolute Gasteiger partial charge is 0.477 e. The van der Waals surface area contributed by atoms with Gasteiger partial charge in [0, 0.05) is 17.8 Å². The molecule has 7 heteroatoms. The summed E-state index contributed by atoms with van der Waals surface area (Å²) in [5, 5.41) is 5.85. The molecular weight excluding hydrogens is 301 g/mol. The topological polar surface area (TPSA) is 27.1 Å². The summed E-state index contributed by atoms with van der Waals surface area (Å²) in [4.78, 5) is 0.900. The third-order valence-corrected chi connectivity index (χ3v) is 4.19. The Labute approximate surface area is 125 Å². The quantitative estimate of drug-likeness (QED) is 0.822. The number of hydrogen-bond donors (Lipinski definition) is 0. The van der Waals surface area contributed by atoms with Crippen LogP contribution in [0.4, 0.5) is 13.2 Å². The van der Waals surface area contributed by atoms with Crippen LogP contribution in [0.5, 0.6) is 5.88 Å². The first-order valence-electron chi connectivity index (χ1n) is 6.71. The number of halogens is 3. The van der Waals surface area contributed by atoms with Crippen molar-refractivity contribution in [2.75, 3.05) is 6.61 Å². The summed E-state index contributed by atoms with van der Waals surface area (Å²) in [7, 11) is 0. The van der Waals surface area contributed by atoms with Crippen molar-refractivity contribution < 1.29 is 17.9 Å². The number of rotatable bonds is 5. The van der Waals surface area contributed by atoms with Gasteiger partial charge in [0.25, 0.3) is 0 Å². The Morgan fingerprint density at radius 3 is 2.52 bits per heavy atom. The van der Waals surface area contributed by atoms with Gasteiger partial charge in [-0.2, -0.15) is 13.2 Å². The number of nitrogens with zero attached hydrogens (tertiary/aromatic N) is 2. The molecular formula is C14H17F3N2OS. The zero-order chi connectivity index (χ0) is 15.6. The van der Waals surface area contributed by atoms with E-state index in [2.05, 4.69) is 5.10 Å². The molecule has 2 rings (SSSR count). The molecule has 0 N–H and O–H groups in total. The van der Waals surface area contributed by atoms with Gasteiger partial charge in [0.15, 0.2) is 0 Å². The van der Waals surface area contributed by atoms with Crippen molar-refractivity contribution in [3.63, 3.8) is 0 Å². The molecule has 0 aliphatic carbocycles. The van der Waals surface area contributed by atoms with E-state index in [-0.39, 0.29) is 31.0 Å². The molecule has 0 aliphatic heterocycles. The van der Waals surface area contributed by atoms with Crippen molar-refractivity contribution in [3.8, 4) is 5.88 Å². The predicted molar refractivity (Wildman–Crippen MR) is 75.9 cm³/mol. The van der Waals surface area contributed by atoms with Gasteiger partial charge in [-0.15, -0.1) is 16.4 Å². The highest BCUT2D eigenvalue weighted by molar-refractivity contribution is 7.10. The Bertz CT molecular complexity index is 616. The number of alkyl halides is 3. The second-order valence-electron chi connectivity index (χ2n) is 4.58. The maximum Gasteiger partial charge on any atom is 0.433 e. The van der Waals surface area contributed by atoms with E-state index in [4.69, 9.17) is 4.74 Å². The molecule has 0 amide bonds. The van der Waals surface area contributed by atoms with Gasteiger partial charge < -0.3 is 4.74 Å². The minimum Gasteiger partial charge on any atom is -0.477 e. The maximum absolute atomic E-state index is 13.4. The van der Waals surface area contributed by atoms with Gasteiger partial charge in [0.05, 0.1) is 12.2 Å². The summed E-state index contributed by atoms with van der Waals surface area (Å²) in [6.07, 6.45) is -4.26. The normalized spacial score (nSPS) is 11.9. The highest BCUT2D eigenvalue weighted by Gasteiger charge is 2.40. The summed E-state index contributed by atoms with van der Waals surface area (Å²) in [6.45, 7) is 5.70. The molecule has 0 bridgehead atoms. The van der Waals surface area contributed by atoms with Crippen LogP contribution in [0.25, 0.3) is 0 Å². The zero-order valence-corrected chi connectivity index (χ0v) is 12.9. The average Bonchev–Trinajstić information content (AvgIpc) is 2.95. The molecule has 116 valence electrons. The summed E-state index contributed by atoms with van der Waals surface area (Å²) < 4.78 is 46.4. The second-order valence-corrected chi connectivity index (χ2v) is 5.58. The SMILES string of the molecule is CCOc1nn(CC)c(C(F)(F)F)c1Cc1sccc1C. The van der Waals surface area contributed by atoms with Gasteiger partial charge >= 0.3 is 6.18 Å². The minimum atomic E-state index is -4.45. The fourth-order valence-electron chi connectivity index (χ4n) is 2.18. The van der Waals surface area contributed by atoms with Crippen molar-refractivity contribution in [2.24, 2.45) is 0 Å². The van der Waals surface area contributed by atoms with Crippen molar-refractivity contribution in [1.29, 1.82) is 0 Å². The second kappa shape index (κ2) is 6.09. The number of ether oxygens (including phenoxy) is 1. The summed E-state index contributed by atoms with van der Waals surface area (Å²) in [6, 6.07) is 1.90. The molecule has 0 spiro atoms. The molecule has 2 heterocycles. The number of aryl methyl sites for hydroxylation is 2. The molecule has 0 radical (unpaired) electrons. The summed E-state index contributed by atoms with van der Waals surface area (Å²) in [5.41, 5.74) is 0.401. The lowest BCUT2D eigenvalue weighted by Gasteiger charge is -2.11. The fraction of sp³-hybridized carbons (Fsp3) is 0.500. The Morgan fingerprint density at radius 1 is 1.33 bits per heavy atom. The summed E-state index contributed by atoms with van der Waals surface area (Å²) in [5.74, 6) is 0.0828. The predicted octanol–water partition coefficient (Wildman–Crippen LogP) is 4.28. The van der Waals surface area contributed by atoms with Gasteiger partial charge in [0.1, 0.15) is 5.69 Å². The van der Waals surface area contributed by atoms with Gasteiger partial charge in [-0.05, 0) is 37.8 Å². The molecule has 0 fully saturated rings. The van der Waals surface area contributed by atoms with Gasteiger partial charge in [-0.3, -0.25) is 4.68 Å². The Kier molecular flexibility index (Phi) is 4.61. The van der Waals surface area contributed by atoms with E-state index < -0.39 is 11.9 Å². The fourth-order valence-corrected chi connectivity index (χ4v) is 3.10. The van der Waals surface area contributed by atoms with Crippen LogP contribution in [0.1, 0.15) is 35.5 Å². The van der Waals surface area contributed by atoms with Gasteiger partial charge in [-0.25, -0.2) is 0 Å². The third kappa shape index (κ3) is 3.23. The first-order chi connectivity index (χ1) is 9.88. The third-order valence-electron chi connectivity index (χ3n) is 3.17. The van der Waals surface area contributed by atoms with Crippen molar-refractivity contribution in [2.45, 2.75) is 39.9 Å². The van der Waals surface area contributed by atoms with E-state index in [1.807, 2.05) is 18.4 Å². The van der Waals surface area contributed by atoms with Crippen LogP contribution in [0.15, 0.2) is 11.4 Å². The number of hydrogen-bond acceptors (Lipinski definition) is 3. The number of aromatic nitrogens is 2. The molecule has 0 aliphatic rings. The first kappa shape index (κ1) is 15.9. The average molecular weight is 318 g/mol. The van der Waals surface area contributed by atoms with Crippen molar-refractivity contribution in [3.05, 3.63) is 33.1 Å². The van der Waals surface area contributed by atoms with Crippen LogP contribution in [0.2, 0.25) is 0 Å². The molecule has 0 aromatic carbocycles. The van der Waals surface area contributed by atoms with E-state index >= 15 is 0 Å². The smallest absolute Gasteiger partial charge is 0.433 e. The van der Waals surface area contributed by atoms with Crippen LogP contribution in [-0.2, 0) is 19.1 Å². The zero-order valence-electron chi connectivity index (χ0n) is 12.1. The van der Waals surface area contributed by atoms with E-state index in [9.17, 15) is 13.2 Å². The van der Waals surface area contributed by atoms with Crippen LogP contribution >= 0.6 is 11.3 Å². The Hall–Kier alpha value is -1.50. The highest BCUT2D eigenvalue weighted by Crippen LogP contribution is 2.38. The highest BCUT2D eigenvalue weighted by atomic mass is 32.1. The van der Waals surface area contributed by atoms with Gasteiger partial charge in [-0.1, -0.05) is 0 Å². The molecule has 2 aromatic heterocycles. The van der Waals surface area contributed by atoms with Crippen LogP contribution < -0.4 is 4.74 Å². The van der Waals surface area contributed by atoms with Crippen LogP contribution in [-0.4, -0.2) is 16.4 Å². The van der Waals surface area contributed by atoms with Crippen LogP contribution in [0.3, 0.4) is 0 Å². The lowest BCUT2D eigenvalue weighted by Crippen LogP contribution is -2.16. The monoisotopic (exact) mass is 318 g/mol. The maximum atomic E-state index is 13.4. The van der Waals surface area contributed by atoms with E-state index in [1.165, 1.54) is 11.3 Å². The van der Waals surface area contributed by atoms with Crippen molar-refractivity contribution >= 4 is 11.3 Å². The lowest BCUT2D eigenvalue weighted by atomic mass is 10.1. The molecule has 3 nitrogen and oxygen atoms in total. The van der Waals surface area contributed by atoms with Crippen molar-refractivity contribution in [1.82, 2.24) is 9.78 Å². The van der Waals surface area contributed by atoms with E-state index in [0.29, 0.717) is 0 Å². The van der Waals surface area contributed by atoms with Crippen LogP contribution in [0, 0.1) is 6.92 Å². The number of thiophene rings is 1.